The van der Waals surface area contributed by atoms with Crippen LogP contribution in [-0.4, -0.2) is 24.0 Å². The monoisotopic (exact) mass is 397 g/mol. The van der Waals surface area contributed by atoms with Crippen LogP contribution in [0, 0.1) is 15.5 Å². The lowest BCUT2D eigenvalue weighted by molar-refractivity contribution is -0.384. The van der Waals surface area contributed by atoms with Crippen molar-refractivity contribution in [3.8, 4) is 0 Å². The maximum atomic E-state index is 12.9. The zero-order valence-corrected chi connectivity index (χ0v) is 14.9. The Balaban J connectivity index is 3.60. The van der Waals surface area contributed by atoms with Crippen molar-refractivity contribution in [3.05, 3.63) is 32.8 Å². The van der Waals surface area contributed by atoms with Crippen molar-refractivity contribution in [2.24, 2.45) is 5.41 Å². The molecule has 144 valence electrons. The molecule has 0 aromatic heterocycles. The van der Waals surface area contributed by atoms with Crippen molar-refractivity contribution in [3.63, 3.8) is 0 Å². The Morgan fingerprint density at radius 3 is 2.19 bits per heavy atom. The number of alkyl halides is 3. The molecule has 1 aromatic rings. The van der Waals surface area contributed by atoms with Gasteiger partial charge in [0.15, 0.2) is 0 Å². The SMILES string of the molecule is COC(=O)N(NC(=O)C(C)(C)C)c1cc(Cl)c(C(F)(F)F)cc1[N+](=O)[O-]. The number of nitrogens with one attached hydrogen (secondary N) is 1. The summed E-state index contributed by atoms with van der Waals surface area (Å²) in [6.07, 6.45) is -6.22. The molecule has 0 spiro atoms. The molecule has 0 heterocycles. The third-order valence-electron chi connectivity index (χ3n) is 3.06. The van der Waals surface area contributed by atoms with Gasteiger partial charge in [-0.1, -0.05) is 32.4 Å². The van der Waals surface area contributed by atoms with Crippen LogP contribution < -0.4 is 10.4 Å². The number of nitrogens with zero attached hydrogens (tertiary/aromatic N) is 2. The first-order chi connectivity index (χ1) is 11.7. The van der Waals surface area contributed by atoms with Gasteiger partial charge in [0.2, 0.25) is 5.91 Å². The molecule has 0 atom stereocenters. The number of ether oxygens (including phenoxy) is 1. The van der Waals surface area contributed by atoms with Gasteiger partial charge in [-0.3, -0.25) is 20.3 Å². The summed E-state index contributed by atoms with van der Waals surface area (Å²) in [7, 11) is 0.927. The summed E-state index contributed by atoms with van der Waals surface area (Å²) in [6, 6.07) is 0.735. The molecule has 0 bridgehead atoms. The van der Waals surface area contributed by atoms with Gasteiger partial charge in [-0.05, 0) is 6.07 Å². The van der Waals surface area contributed by atoms with Crippen LogP contribution in [0.1, 0.15) is 26.3 Å². The summed E-state index contributed by atoms with van der Waals surface area (Å²) in [5.41, 5.74) is -2.17. The number of nitro groups is 1. The molecule has 2 amide bonds. The average Bonchev–Trinajstić information content (AvgIpc) is 2.48. The molecule has 1 N–H and O–H groups in total. The fraction of sp³-hybridized carbons (Fsp3) is 0.429. The summed E-state index contributed by atoms with van der Waals surface area (Å²) in [4.78, 5) is 34.1. The van der Waals surface area contributed by atoms with Gasteiger partial charge in [-0.15, -0.1) is 0 Å². The molecular weight excluding hydrogens is 383 g/mol. The fourth-order valence-electron chi connectivity index (χ4n) is 1.66. The molecule has 0 saturated heterocycles. The number of hydrogen-bond acceptors (Lipinski definition) is 5. The maximum Gasteiger partial charge on any atom is 0.433 e. The van der Waals surface area contributed by atoms with Crippen LogP contribution in [0.25, 0.3) is 0 Å². The molecule has 1 rings (SSSR count). The van der Waals surface area contributed by atoms with Gasteiger partial charge in [0.1, 0.15) is 5.69 Å². The van der Waals surface area contributed by atoms with Crippen LogP contribution in [0.2, 0.25) is 5.02 Å². The highest BCUT2D eigenvalue weighted by Gasteiger charge is 2.38. The number of halogens is 4. The first-order valence-corrected chi connectivity index (χ1v) is 7.32. The lowest BCUT2D eigenvalue weighted by Crippen LogP contribution is -2.50. The maximum absolute atomic E-state index is 12.9. The highest BCUT2D eigenvalue weighted by Crippen LogP contribution is 2.41. The Morgan fingerprint density at radius 1 is 1.27 bits per heavy atom. The smallest absolute Gasteiger partial charge is 0.433 e. The van der Waals surface area contributed by atoms with Crippen LogP contribution in [-0.2, 0) is 15.7 Å². The van der Waals surface area contributed by atoms with Gasteiger partial charge < -0.3 is 4.74 Å². The Kier molecular flexibility index (Phi) is 6.08. The van der Waals surface area contributed by atoms with Gasteiger partial charge >= 0.3 is 12.3 Å². The second-order valence-electron chi connectivity index (χ2n) is 6.07. The summed E-state index contributed by atoms with van der Waals surface area (Å²) in [5.74, 6) is -0.742. The molecule has 26 heavy (non-hydrogen) atoms. The molecule has 0 radical (unpaired) electrons. The van der Waals surface area contributed by atoms with Crippen molar-refractivity contribution >= 4 is 35.0 Å². The molecule has 0 unspecified atom stereocenters. The van der Waals surface area contributed by atoms with Crippen LogP contribution in [0.15, 0.2) is 12.1 Å². The van der Waals surface area contributed by atoms with Gasteiger partial charge in [0, 0.05) is 11.5 Å². The van der Waals surface area contributed by atoms with E-state index in [9.17, 15) is 32.9 Å². The second-order valence-corrected chi connectivity index (χ2v) is 6.48. The number of hydrazine groups is 1. The third kappa shape index (κ3) is 4.75. The zero-order valence-electron chi connectivity index (χ0n) is 14.1. The Morgan fingerprint density at radius 2 is 1.81 bits per heavy atom. The van der Waals surface area contributed by atoms with E-state index < -0.39 is 50.5 Å². The number of amides is 2. The van der Waals surface area contributed by atoms with Crippen molar-refractivity contribution < 1.29 is 32.4 Å². The molecule has 8 nitrogen and oxygen atoms in total. The average molecular weight is 398 g/mol. The minimum atomic E-state index is -4.95. The van der Waals surface area contributed by atoms with Crippen molar-refractivity contribution in [2.75, 3.05) is 12.1 Å². The predicted molar refractivity (Wildman–Crippen MR) is 85.6 cm³/mol. The van der Waals surface area contributed by atoms with E-state index in [1.54, 1.807) is 0 Å². The third-order valence-corrected chi connectivity index (χ3v) is 3.37. The van der Waals surface area contributed by atoms with E-state index >= 15 is 0 Å². The number of anilines is 1. The highest BCUT2D eigenvalue weighted by molar-refractivity contribution is 6.32. The van der Waals surface area contributed by atoms with E-state index in [0.717, 1.165) is 7.11 Å². The van der Waals surface area contributed by atoms with E-state index in [1.807, 2.05) is 0 Å². The van der Waals surface area contributed by atoms with Crippen molar-refractivity contribution in [2.45, 2.75) is 26.9 Å². The van der Waals surface area contributed by atoms with Crippen LogP contribution in [0.4, 0.5) is 29.3 Å². The molecule has 12 heteroatoms. The zero-order chi connectivity index (χ0) is 20.4. The Hall–Kier alpha value is -2.56. The molecule has 0 fully saturated rings. The number of carbonyl (C=O) groups is 2. The first kappa shape index (κ1) is 21.5. The number of rotatable bonds is 2. The van der Waals surface area contributed by atoms with Crippen molar-refractivity contribution in [1.82, 2.24) is 5.43 Å². The lowest BCUT2D eigenvalue weighted by Gasteiger charge is -2.26. The standard InChI is InChI=1S/C14H15ClF3N3O5/c1-13(2,3)11(22)19-20(12(23)26-4)9-6-8(15)7(14(16,17)18)5-10(9)21(24)25/h5-6H,1-4H3,(H,19,22). The van der Waals surface area contributed by atoms with E-state index in [1.165, 1.54) is 20.8 Å². The first-order valence-electron chi connectivity index (χ1n) is 6.94. The summed E-state index contributed by atoms with van der Waals surface area (Å²) in [5, 5.41) is 10.7. The van der Waals surface area contributed by atoms with E-state index in [4.69, 9.17) is 11.6 Å². The molecule has 0 aliphatic rings. The largest absolute Gasteiger partial charge is 0.451 e. The Bertz CT molecular complexity index is 747. The fourth-order valence-corrected chi connectivity index (χ4v) is 1.92. The molecule has 1 aromatic carbocycles. The van der Waals surface area contributed by atoms with Crippen LogP contribution in [0.5, 0.6) is 0 Å². The van der Waals surface area contributed by atoms with Gasteiger partial charge in [-0.2, -0.15) is 18.2 Å². The minimum Gasteiger partial charge on any atom is -0.451 e. The number of carbonyl (C=O) groups excluding carboxylic acids is 2. The molecule has 0 saturated carbocycles. The normalized spacial score (nSPS) is 11.7. The number of methoxy groups -OCH3 is 1. The van der Waals surface area contributed by atoms with Gasteiger partial charge in [0.05, 0.1) is 22.6 Å². The lowest BCUT2D eigenvalue weighted by atomic mass is 9.96. The van der Waals surface area contributed by atoms with Crippen LogP contribution >= 0.6 is 11.6 Å². The van der Waals surface area contributed by atoms with Gasteiger partial charge in [-0.25, -0.2) is 4.79 Å². The second kappa shape index (κ2) is 7.36. The highest BCUT2D eigenvalue weighted by atomic mass is 35.5. The molecule has 0 aliphatic carbocycles. The van der Waals surface area contributed by atoms with Crippen LogP contribution in [0.3, 0.4) is 0 Å². The Labute approximate surface area is 151 Å². The summed E-state index contributed by atoms with van der Waals surface area (Å²) in [6.45, 7) is 4.48. The molecule has 0 aliphatic heterocycles. The topological polar surface area (TPSA) is 102 Å². The summed E-state index contributed by atoms with van der Waals surface area (Å²) >= 11 is 5.58. The summed E-state index contributed by atoms with van der Waals surface area (Å²) < 4.78 is 43.2. The van der Waals surface area contributed by atoms with Gasteiger partial charge in [0.25, 0.3) is 5.69 Å². The number of hydrogen-bond donors (Lipinski definition) is 1. The van der Waals surface area contributed by atoms with E-state index in [0.29, 0.717) is 11.1 Å². The van der Waals surface area contributed by atoms with E-state index in [-0.39, 0.29) is 6.07 Å². The quantitative estimate of drug-likeness (QED) is 0.602. The van der Waals surface area contributed by atoms with E-state index in [2.05, 4.69) is 10.2 Å². The minimum absolute atomic E-state index is 0.177. The number of nitro benzene ring substituents is 1. The molecular formula is C14H15ClF3N3O5. The van der Waals surface area contributed by atoms with Crippen molar-refractivity contribution in [1.29, 1.82) is 0 Å². The number of benzene rings is 1. The predicted octanol–water partition coefficient (Wildman–Crippen LogP) is 3.92.